The van der Waals surface area contributed by atoms with Crippen LogP contribution in [-0.4, -0.2) is 21.7 Å². The molecule has 0 amide bonds. The molecule has 2 aromatic rings. The van der Waals surface area contributed by atoms with Crippen molar-refractivity contribution in [3.63, 3.8) is 0 Å². The van der Waals surface area contributed by atoms with Crippen molar-refractivity contribution >= 4 is 16.6 Å². The molecular weight excluding hydrogens is 272 g/mol. The van der Waals surface area contributed by atoms with E-state index in [2.05, 4.69) is 22.4 Å². The number of aromatic nitrogens is 1. The highest BCUT2D eigenvalue weighted by atomic mass is 16.3. The lowest BCUT2D eigenvalue weighted by Crippen LogP contribution is -2.56. The number of nitrogens with one attached hydrogen (secondary N) is 1. The number of nitrogens with zero attached hydrogens (tertiary/aromatic N) is 1. The van der Waals surface area contributed by atoms with Crippen LogP contribution in [0.25, 0.3) is 10.9 Å². The van der Waals surface area contributed by atoms with Gasteiger partial charge in [0.05, 0.1) is 29.0 Å². The number of hydrogen-bond donors (Lipinski definition) is 2. The molecule has 3 heteroatoms. The fourth-order valence-corrected chi connectivity index (χ4v) is 4.47. The molecule has 2 aliphatic carbocycles. The zero-order chi connectivity index (χ0) is 15.0. The Morgan fingerprint density at radius 2 is 1.95 bits per heavy atom. The van der Waals surface area contributed by atoms with Gasteiger partial charge in [-0.25, -0.2) is 0 Å². The second-order valence-electron chi connectivity index (χ2n) is 6.98. The minimum atomic E-state index is -0.526. The van der Waals surface area contributed by atoms with Crippen molar-refractivity contribution in [3.05, 3.63) is 36.5 Å². The first-order valence-corrected chi connectivity index (χ1v) is 8.59. The average Bonchev–Trinajstić information content (AvgIpc) is 2.55. The summed E-state index contributed by atoms with van der Waals surface area (Å²) in [5.74, 6) is 0.473. The van der Waals surface area contributed by atoms with Crippen LogP contribution >= 0.6 is 0 Å². The number of hydrogen-bond acceptors (Lipinski definition) is 3. The zero-order valence-electron chi connectivity index (χ0n) is 13.0. The Labute approximate surface area is 131 Å². The molecule has 2 saturated carbocycles. The maximum absolute atomic E-state index is 11.2. The summed E-state index contributed by atoms with van der Waals surface area (Å²) in [7, 11) is 0. The third-order valence-corrected chi connectivity index (χ3v) is 5.67. The summed E-state index contributed by atoms with van der Waals surface area (Å²) in [6, 6.07) is 10.5. The standard InChI is InChI=1S/C19H24N2O/c22-19-11-4-3-7-15(19)8-5-10-18(19)21-16-12-14-6-1-2-9-17(14)20-13-16/h1-2,6,9,12-13,15,18,21-22H,3-5,7-8,10-11H2/t15-,18+,19-/m1/s1. The molecule has 1 aromatic heterocycles. The van der Waals surface area contributed by atoms with E-state index in [1.54, 1.807) is 0 Å². The SMILES string of the molecule is O[C@]12CCCC[C@@H]1CCC[C@@H]2Nc1cnc2ccccc2c1. The van der Waals surface area contributed by atoms with E-state index in [0.29, 0.717) is 5.92 Å². The van der Waals surface area contributed by atoms with Crippen LogP contribution in [0.15, 0.2) is 36.5 Å². The highest BCUT2D eigenvalue weighted by molar-refractivity contribution is 5.81. The van der Waals surface area contributed by atoms with Gasteiger partial charge in [-0.05, 0) is 43.7 Å². The maximum atomic E-state index is 11.2. The third-order valence-electron chi connectivity index (χ3n) is 5.67. The van der Waals surface area contributed by atoms with Crippen molar-refractivity contribution in [2.24, 2.45) is 5.92 Å². The van der Waals surface area contributed by atoms with E-state index in [4.69, 9.17) is 0 Å². The first kappa shape index (κ1) is 14.0. The molecular formula is C19H24N2O. The molecule has 0 radical (unpaired) electrons. The fourth-order valence-electron chi connectivity index (χ4n) is 4.47. The van der Waals surface area contributed by atoms with E-state index >= 15 is 0 Å². The summed E-state index contributed by atoms with van der Waals surface area (Å²) in [6.45, 7) is 0. The van der Waals surface area contributed by atoms with Crippen molar-refractivity contribution in [3.8, 4) is 0 Å². The maximum Gasteiger partial charge on any atom is 0.0875 e. The van der Waals surface area contributed by atoms with Gasteiger partial charge in [0, 0.05) is 5.39 Å². The van der Waals surface area contributed by atoms with Crippen molar-refractivity contribution in [2.45, 2.75) is 56.6 Å². The summed E-state index contributed by atoms with van der Waals surface area (Å²) in [4.78, 5) is 4.53. The Bertz CT molecular complexity index is 669. The monoisotopic (exact) mass is 296 g/mol. The Morgan fingerprint density at radius 1 is 1.09 bits per heavy atom. The molecule has 0 unspecified atom stereocenters. The molecule has 3 nitrogen and oxygen atoms in total. The number of aliphatic hydroxyl groups is 1. The third kappa shape index (κ3) is 2.38. The molecule has 1 aromatic carbocycles. The number of fused-ring (bicyclic) bond motifs is 2. The number of benzene rings is 1. The largest absolute Gasteiger partial charge is 0.387 e. The smallest absolute Gasteiger partial charge is 0.0875 e. The van der Waals surface area contributed by atoms with E-state index in [9.17, 15) is 5.11 Å². The molecule has 0 spiro atoms. The summed E-state index contributed by atoms with van der Waals surface area (Å²) in [6.07, 6.45) is 9.91. The van der Waals surface area contributed by atoms with Gasteiger partial charge in [-0.1, -0.05) is 37.5 Å². The van der Waals surface area contributed by atoms with Crippen LogP contribution in [0.4, 0.5) is 5.69 Å². The molecule has 0 bridgehead atoms. The Hall–Kier alpha value is -1.61. The van der Waals surface area contributed by atoms with Crippen LogP contribution in [0.1, 0.15) is 44.9 Å². The average molecular weight is 296 g/mol. The van der Waals surface area contributed by atoms with Gasteiger partial charge in [0.15, 0.2) is 0 Å². The highest BCUT2D eigenvalue weighted by Gasteiger charge is 2.47. The van der Waals surface area contributed by atoms with Crippen LogP contribution in [0.3, 0.4) is 0 Å². The van der Waals surface area contributed by atoms with Crippen LogP contribution in [-0.2, 0) is 0 Å². The normalized spacial score (nSPS) is 31.7. The summed E-state index contributed by atoms with van der Waals surface area (Å²) in [5.41, 5.74) is 1.52. The van der Waals surface area contributed by atoms with E-state index in [-0.39, 0.29) is 6.04 Å². The number of rotatable bonds is 2. The number of pyridine rings is 1. The molecule has 2 N–H and O–H groups in total. The summed E-state index contributed by atoms with van der Waals surface area (Å²) in [5, 5.41) is 16.0. The topological polar surface area (TPSA) is 45.1 Å². The van der Waals surface area contributed by atoms with Gasteiger partial charge >= 0.3 is 0 Å². The number of anilines is 1. The van der Waals surface area contributed by atoms with Crippen LogP contribution in [0.2, 0.25) is 0 Å². The van der Waals surface area contributed by atoms with Crippen molar-refractivity contribution in [1.82, 2.24) is 4.98 Å². The van der Waals surface area contributed by atoms with Gasteiger partial charge in [0.1, 0.15) is 0 Å². The second-order valence-corrected chi connectivity index (χ2v) is 6.98. The predicted octanol–water partition coefficient (Wildman–Crippen LogP) is 4.12. The molecule has 0 saturated heterocycles. The Morgan fingerprint density at radius 3 is 2.91 bits per heavy atom. The first-order chi connectivity index (χ1) is 10.8. The Balaban J connectivity index is 1.60. The van der Waals surface area contributed by atoms with Crippen LogP contribution in [0.5, 0.6) is 0 Å². The van der Waals surface area contributed by atoms with E-state index < -0.39 is 5.60 Å². The number of para-hydroxylation sites is 1. The lowest BCUT2D eigenvalue weighted by molar-refractivity contribution is -0.0835. The van der Waals surface area contributed by atoms with Gasteiger partial charge in [-0.2, -0.15) is 0 Å². The van der Waals surface area contributed by atoms with Gasteiger partial charge in [-0.15, -0.1) is 0 Å². The van der Waals surface area contributed by atoms with Gasteiger partial charge < -0.3 is 10.4 Å². The zero-order valence-corrected chi connectivity index (χ0v) is 13.0. The molecule has 2 fully saturated rings. The van der Waals surface area contributed by atoms with Crippen molar-refractivity contribution in [2.75, 3.05) is 5.32 Å². The van der Waals surface area contributed by atoms with Crippen LogP contribution in [0, 0.1) is 5.92 Å². The molecule has 22 heavy (non-hydrogen) atoms. The van der Waals surface area contributed by atoms with E-state index in [0.717, 1.165) is 35.9 Å². The highest BCUT2D eigenvalue weighted by Crippen LogP contribution is 2.44. The Kier molecular flexibility index (Phi) is 3.53. The fraction of sp³-hybridized carbons (Fsp3) is 0.526. The lowest BCUT2D eigenvalue weighted by atomic mass is 9.65. The van der Waals surface area contributed by atoms with Gasteiger partial charge in [0.2, 0.25) is 0 Å². The molecule has 4 rings (SSSR count). The molecule has 3 atom stereocenters. The summed E-state index contributed by atoms with van der Waals surface area (Å²) >= 11 is 0. The second kappa shape index (κ2) is 5.54. The van der Waals surface area contributed by atoms with Gasteiger partial charge in [0.25, 0.3) is 0 Å². The molecule has 2 aliphatic rings. The molecule has 1 heterocycles. The minimum absolute atomic E-state index is 0.162. The lowest BCUT2D eigenvalue weighted by Gasteiger charge is -2.49. The predicted molar refractivity (Wildman–Crippen MR) is 89.9 cm³/mol. The molecule has 0 aliphatic heterocycles. The van der Waals surface area contributed by atoms with Gasteiger partial charge in [-0.3, -0.25) is 4.98 Å². The van der Waals surface area contributed by atoms with E-state index in [1.807, 2.05) is 24.4 Å². The van der Waals surface area contributed by atoms with E-state index in [1.165, 1.54) is 25.7 Å². The molecule has 116 valence electrons. The quantitative estimate of drug-likeness (QED) is 0.876. The minimum Gasteiger partial charge on any atom is -0.387 e. The van der Waals surface area contributed by atoms with Crippen molar-refractivity contribution < 1.29 is 5.11 Å². The van der Waals surface area contributed by atoms with Crippen molar-refractivity contribution in [1.29, 1.82) is 0 Å². The van der Waals surface area contributed by atoms with Crippen LogP contribution < -0.4 is 5.32 Å². The summed E-state index contributed by atoms with van der Waals surface area (Å²) < 4.78 is 0. The first-order valence-electron chi connectivity index (χ1n) is 8.59.